The van der Waals surface area contributed by atoms with Crippen LogP contribution in [0.5, 0.6) is 17.2 Å². The minimum Gasteiger partial charge on any atom is -0.462 e. The Hall–Kier alpha value is -5.64. The van der Waals surface area contributed by atoms with Crippen molar-refractivity contribution in [3.8, 4) is 17.2 Å². The van der Waals surface area contributed by atoms with Gasteiger partial charge in [0.1, 0.15) is 17.2 Å². The molecule has 0 amide bonds. The van der Waals surface area contributed by atoms with Crippen LogP contribution < -0.4 is 24.0 Å². The molecule has 0 N–H and O–H groups in total. The van der Waals surface area contributed by atoms with Gasteiger partial charge in [0.25, 0.3) is 6.47 Å². The maximum atomic E-state index is 12.2. The van der Waals surface area contributed by atoms with Gasteiger partial charge in [0.2, 0.25) is 0 Å². The molecule has 0 spiro atoms. The molecule has 0 atom stereocenters. The lowest BCUT2D eigenvalue weighted by molar-refractivity contribution is -0.120. The highest BCUT2D eigenvalue weighted by molar-refractivity contribution is 5.92. The minimum atomic E-state index is -0.435. The third-order valence-corrected chi connectivity index (χ3v) is 7.26. The molecule has 0 aromatic heterocycles. The predicted molar refractivity (Wildman–Crippen MR) is 185 cm³/mol. The first-order chi connectivity index (χ1) is 23.3. The van der Waals surface area contributed by atoms with Crippen LogP contribution in [0.25, 0.3) is 0 Å². The number of hydrogen-bond acceptors (Lipinski definition) is 10. The largest absolute Gasteiger partial charge is 0.462 e. The first-order valence-corrected chi connectivity index (χ1v) is 15.9. The average molecular weight is 655 g/mol. The van der Waals surface area contributed by atoms with Crippen molar-refractivity contribution in [2.75, 3.05) is 42.6 Å². The van der Waals surface area contributed by atoms with Gasteiger partial charge in [0, 0.05) is 37.6 Å². The van der Waals surface area contributed by atoms with Crippen molar-refractivity contribution < 1.29 is 38.1 Å². The molecule has 0 heterocycles. The van der Waals surface area contributed by atoms with Gasteiger partial charge in [-0.15, -0.1) is 0 Å². The molecule has 0 radical (unpaired) electrons. The molecule has 4 rings (SSSR count). The molecule has 0 saturated heterocycles. The van der Waals surface area contributed by atoms with Crippen LogP contribution in [0.1, 0.15) is 65.7 Å². The van der Waals surface area contributed by atoms with E-state index in [2.05, 4.69) is 42.2 Å². The van der Waals surface area contributed by atoms with E-state index in [1.54, 1.807) is 79.7 Å². The molecule has 0 aliphatic carbocycles. The summed E-state index contributed by atoms with van der Waals surface area (Å²) in [6, 6.07) is 27.2. The molecule has 10 heteroatoms. The second kappa shape index (κ2) is 19.1. The smallest absolute Gasteiger partial charge is 0.343 e. The summed E-state index contributed by atoms with van der Waals surface area (Å²) in [6.45, 7) is 14.4. The zero-order chi connectivity index (χ0) is 34.9. The lowest BCUT2D eigenvalue weighted by atomic mass is 10.2. The monoisotopic (exact) mass is 654 g/mol. The van der Waals surface area contributed by atoms with Gasteiger partial charge in [-0.3, -0.25) is 4.79 Å². The summed E-state index contributed by atoms with van der Waals surface area (Å²) < 4.78 is 20.2. The van der Waals surface area contributed by atoms with Crippen molar-refractivity contribution in [3.05, 3.63) is 114 Å². The number of carbonyl (C=O) groups excluding carboxylic acids is 4. The standard InChI is InChI=1S/C20H23NO4.C18H19NO4/c1-4-21(5-2)17-11-7-16(8-12-17)20(23)25-18-13-9-15(10-14-18)19(22)24-6-3;1-3-19(4-2)15-7-5-14(6-8-15)18(21)23-17-11-9-16(10-12-17)22-13-20/h7-14H,4-6H2,1-3H3;5-13H,3-4H2,1-2H3. The van der Waals surface area contributed by atoms with Crippen molar-refractivity contribution in [2.45, 2.75) is 34.6 Å². The van der Waals surface area contributed by atoms with Gasteiger partial charge < -0.3 is 28.7 Å². The van der Waals surface area contributed by atoms with E-state index >= 15 is 0 Å². The van der Waals surface area contributed by atoms with Gasteiger partial charge in [-0.05, 0) is 132 Å². The maximum Gasteiger partial charge on any atom is 0.343 e. The molecule has 0 unspecified atom stereocenters. The van der Waals surface area contributed by atoms with Crippen molar-refractivity contribution in [1.29, 1.82) is 0 Å². The van der Waals surface area contributed by atoms with E-state index in [1.807, 2.05) is 24.3 Å². The molecule has 4 aromatic rings. The van der Waals surface area contributed by atoms with Crippen LogP contribution in [-0.2, 0) is 9.53 Å². The lowest BCUT2D eigenvalue weighted by Gasteiger charge is -2.20. The number of hydrogen-bond donors (Lipinski definition) is 0. The fourth-order valence-corrected chi connectivity index (χ4v) is 4.64. The summed E-state index contributed by atoms with van der Waals surface area (Å²) in [7, 11) is 0. The number of benzene rings is 4. The molecular formula is C38H42N2O8. The van der Waals surface area contributed by atoms with E-state index in [9.17, 15) is 19.2 Å². The van der Waals surface area contributed by atoms with Gasteiger partial charge in [-0.1, -0.05) is 0 Å². The minimum absolute atomic E-state index is 0.319. The highest BCUT2D eigenvalue weighted by atomic mass is 16.5. The zero-order valence-corrected chi connectivity index (χ0v) is 28.0. The quantitative estimate of drug-likeness (QED) is 0.0785. The fourth-order valence-electron chi connectivity index (χ4n) is 4.64. The van der Waals surface area contributed by atoms with Gasteiger partial charge in [0.05, 0.1) is 23.3 Å². The second-order valence-corrected chi connectivity index (χ2v) is 10.1. The van der Waals surface area contributed by atoms with Crippen LogP contribution in [0.3, 0.4) is 0 Å². The van der Waals surface area contributed by atoms with E-state index in [0.717, 1.165) is 37.6 Å². The SMILES string of the molecule is CCN(CC)c1ccc(C(=O)Oc2ccc(OC=O)cc2)cc1.CCOC(=O)c1ccc(OC(=O)c2ccc(N(CC)CC)cc2)cc1. The maximum absolute atomic E-state index is 12.2. The molecule has 252 valence electrons. The zero-order valence-electron chi connectivity index (χ0n) is 28.0. The Balaban J connectivity index is 0.000000261. The third kappa shape index (κ3) is 10.7. The van der Waals surface area contributed by atoms with E-state index in [-0.39, 0.29) is 0 Å². The Labute approximate surface area is 281 Å². The normalized spacial score (nSPS) is 10.1. The van der Waals surface area contributed by atoms with Crippen LogP contribution in [-0.4, -0.2) is 57.2 Å². The summed E-state index contributed by atoms with van der Waals surface area (Å²) in [4.78, 5) is 50.6. The number of ether oxygens (including phenoxy) is 4. The van der Waals surface area contributed by atoms with Crippen LogP contribution >= 0.6 is 0 Å². The van der Waals surface area contributed by atoms with E-state index in [1.165, 1.54) is 0 Å². The van der Waals surface area contributed by atoms with Crippen molar-refractivity contribution >= 4 is 35.8 Å². The highest BCUT2D eigenvalue weighted by Crippen LogP contribution is 2.21. The Morgan fingerprint density at radius 3 is 1.19 bits per heavy atom. The van der Waals surface area contributed by atoms with Gasteiger partial charge in [-0.25, -0.2) is 14.4 Å². The Morgan fingerprint density at radius 2 is 0.833 bits per heavy atom. The van der Waals surface area contributed by atoms with Crippen molar-refractivity contribution in [2.24, 2.45) is 0 Å². The molecule has 0 aliphatic heterocycles. The first-order valence-electron chi connectivity index (χ1n) is 15.9. The fraction of sp³-hybridized carbons (Fsp3) is 0.263. The van der Waals surface area contributed by atoms with Gasteiger partial charge in [0.15, 0.2) is 0 Å². The van der Waals surface area contributed by atoms with Crippen LogP contribution in [0, 0.1) is 0 Å². The Bertz CT molecular complexity index is 1600. The van der Waals surface area contributed by atoms with Crippen molar-refractivity contribution in [1.82, 2.24) is 0 Å². The van der Waals surface area contributed by atoms with E-state index < -0.39 is 17.9 Å². The van der Waals surface area contributed by atoms with Gasteiger partial charge >= 0.3 is 17.9 Å². The lowest BCUT2D eigenvalue weighted by Crippen LogP contribution is -2.21. The topological polar surface area (TPSA) is 112 Å². The number of carbonyl (C=O) groups is 4. The van der Waals surface area contributed by atoms with Crippen molar-refractivity contribution in [3.63, 3.8) is 0 Å². The molecule has 4 aromatic carbocycles. The van der Waals surface area contributed by atoms with Crippen LogP contribution in [0.2, 0.25) is 0 Å². The van der Waals surface area contributed by atoms with E-state index in [4.69, 9.17) is 14.2 Å². The summed E-state index contributed by atoms with van der Waals surface area (Å²) >= 11 is 0. The third-order valence-electron chi connectivity index (χ3n) is 7.26. The average Bonchev–Trinajstić information content (AvgIpc) is 3.11. The molecular weight excluding hydrogens is 612 g/mol. The van der Waals surface area contributed by atoms with Crippen LogP contribution in [0.15, 0.2) is 97.1 Å². The predicted octanol–water partition coefficient (Wildman–Crippen LogP) is 7.22. The van der Waals surface area contributed by atoms with Gasteiger partial charge in [-0.2, -0.15) is 0 Å². The molecule has 10 nitrogen and oxygen atoms in total. The number of anilines is 2. The molecule has 0 bridgehead atoms. The second-order valence-electron chi connectivity index (χ2n) is 10.1. The molecule has 0 aliphatic rings. The molecule has 48 heavy (non-hydrogen) atoms. The Morgan fingerprint density at radius 1 is 0.500 bits per heavy atom. The molecule has 0 saturated carbocycles. The number of nitrogens with zero attached hydrogens (tertiary/aromatic N) is 2. The Kier molecular flexibility index (Phi) is 14.7. The number of esters is 3. The summed E-state index contributed by atoms with van der Waals surface area (Å²) in [6.07, 6.45) is 0. The summed E-state index contributed by atoms with van der Waals surface area (Å²) in [5.74, 6) is -0.0992. The number of rotatable bonds is 14. The highest BCUT2D eigenvalue weighted by Gasteiger charge is 2.12. The summed E-state index contributed by atoms with van der Waals surface area (Å²) in [5, 5.41) is 0. The molecule has 0 fully saturated rings. The van der Waals surface area contributed by atoms with Crippen LogP contribution in [0.4, 0.5) is 11.4 Å². The summed E-state index contributed by atoms with van der Waals surface area (Å²) in [5.41, 5.74) is 3.52. The first kappa shape index (κ1) is 36.8. The van der Waals surface area contributed by atoms with E-state index in [0.29, 0.717) is 47.0 Å².